The van der Waals surface area contributed by atoms with Crippen LogP contribution in [0, 0.1) is 0 Å². The molecular weight excluding hydrogens is 255 g/mol. The average molecular weight is 267 g/mol. The van der Waals surface area contributed by atoms with Gasteiger partial charge >= 0.3 is 6.18 Å². The second-order valence-electron chi connectivity index (χ2n) is 4.01. The lowest BCUT2D eigenvalue weighted by Crippen LogP contribution is -2.07. The number of nitrogens with two attached hydrogens (primary N) is 1. The van der Waals surface area contributed by atoms with E-state index in [4.69, 9.17) is 10.5 Å². The summed E-state index contributed by atoms with van der Waals surface area (Å²) in [5.74, 6) is 0.641. The lowest BCUT2D eigenvalue weighted by molar-refractivity contribution is -0.137. The first kappa shape index (κ1) is 13.3. The third-order valence-corrected chi connectivity index (χ3v) is 2.61. The molecule has 2 nitrogen and oxygen atoms in total. The molecule has 0 saturated heterocycles. The highest BCUT2D eigenvalue weighted by Gasteiger charge is 2.30. The van der Waals surface area contributed by atoms with Gasteiger partial charge in [-0.3, -0.25) is 0 Å². The van der Waals surface area contributed by atoms with Crippen molar-refractivity contribution in [3.05, 3.63) is 59.7 Å². The van der Waals surface area contributed by atoms with Crippen LogP contribution in [-0.2, 0) is 12.8 Å². The summed E-state index contributed by atoms with van der Waals surface area (Å²) < 4.78 is 42.8. The van der Waals surface area contributed by atoms with E-state index in [1.807, 2.05) is 18.2 Å². The van der Waals surface area contributed by atoms with E-state index in [2.05, 4.69) is 0 Å². The van der Waals surface area contributed by atoms with Gasteiger partial charge in [-0.2, -0.15) is 13.2 Å². The zero-order valence-electron chi connectivity index (χ0n) is 9.95. The molecule has 0 fully saturated rings. The van der Waals surface area contributed by atoms with Crippen molar-refractivity contribution in [2.24, 2.45) is 0 Å². The first-order valence-electron chi connectivity index (χ1n) is 5.60. The molecule has 0 spiro atoms. The fraction of sp³-hybridized carbons (Fsp3) is 0.143. The van der Waals surface area contributed by atoms with Crippen molar-refractivity contribution in [1.82, 2.24) is 0 Å². The standard InChI is InChI=1S/C14H12F3NO/c15-14(16,17)11-7-6-10(13(18)8-11)9-19-12-4-2-1-3-5-12/h1-8H,9,18H2. The molecule has 2 N–H and O–H groups in total. The largest absolute Gasteiger partial charge is 0.489 e. The molecule has 0 aliphatic rings. The van der Waals surface area contributed by atoms with Gasteiger partial charge in [0, 0.05) is 11.3 Å². The molecule has 0 atom stereocenters. The zero-order valence-corrected chi connectivity index (χ0v) is 9.95. The Bertz CT molecular complexity index is 552. The summed E-state index contributed by atoms with van der Waals surface area (Å²) in [6.45, 7) is 0.133. The van der Waals surface area contributed by atoms with Crippen LogP contribution in [0.2, 0.25) is 0 Å². The Labute approximate surface area is 108 Å². The van der Waals surface area contributed by atoms with Gasteiger partial charge in [0.15, 0.2) is 0 Å². The van der Waals surface area contributed by atoms with Crippen molar-refractivity contribution in [1.29, 1.82) is 0 Å². The first-order chi connectivity index (χ1) is 8.97. The highest BCUT2D eigenvalue weighted by Crippen LogP contribution is 2.31. The summed E-state index contributed by atoms with van der Waals surface area (Å²) in [4.78, 5) is 0. The number of anilines is 1. The highest BCUT2D eigenvalue weighted by atomic mass is 19.4. The van der Waals surface area contributed by atoms with E-state index in [1.54, 1.807) is 12.1 Å². The number of alkyl halides is 3. The number of ether oxygens (including phenoxy) is 1. The molecule has 100 valence electrons. The second kappa shape index (κ2) is 5.22. The molecule has 2 rings (SSSR count). The van der Waals surface area contributed by atoms with Gasteiger partial charge in [0.2, 0.25) is 0 Å². The second-order valence-corrected chi connectivity index (χ2v) is 4.01. The predicted molar refractivity (Wildman–Crippen MR) is 66.6 cm³/mol. The van der Waals surface area contributed by atoms with E-state index < -0.39 is 11.7 Å². The van der Waals surface area contributed by atoms with Gasteiger partial charge in [-0.15, -0.1) is 0 Å². The third-order valence-electron chi connectivity index (χ3n) is 2.61. The van der Waals surface area contributed by atoms with E-state index in [1.165, 1.54) is 6.07 Å². The van der Waals surface area contributed by atoms with Crippen molar-refractivity contribution in [2.45, 2.75) is 12.8 Å². The van der Waals surface area contributed by atoms with Crippen molar-refractivity contribution in [3.63, 3.8) is 0 Å². The minimum atomic E-state index is -4.38. The van der Waals surface area contributed by atoms with Crippen LogP contribution in [0.25, 0.3) is 0 Å². The number of hydrogen-bond acceptors (Lipinski definition) is 2. The van der Waals surface area contributed by atoms with Crippen LogP contribution in [0.3, 0.4) is 0 Å². The normalized spacial score (nSPS) is 11.3. The molecule has 5 heteroatoms. The molecule has 0 bridgehead atoms. The minimum absolute atomic E-state index is 0.0748. The molecule has 0 radical (unpaired) electrons. The maximum atomic E-state index is 12.5. The van der Waals surface area contributed by atoms with Crippen LogP contribution in [0.5, 0.6) is 5.75 Å². The molecule has 0 heterocycles. The fourth-order valence-corrected chi connectivity index (χ4v) is 1.58. The van der Waals surface area contributed by atoms with Gasteiger partial charge in [0.25, 0.3) is 0 Å². The molecule has 2 aromatic rings. The molecule has 0 aromatic heterocycles. The maximum absolute atomic E-state index is 12.5. The van der Waals surface area contributed by atoms with Gasteiger partial charge in [0.1, 0.15) is 12.4 Å². The summed E-state index contributed by atoms with van der Waals surface area (Å²) in [5.41, 5.74) is 5.45. The van der Waals surface area contributed by atoms with Gasteiger partial charge in [-0.05, 0) is 24.3 Å². The van der Waals surface area contributed by atoms with Crippen LogP contribution in [-0.4, -0.2) is 0 Å². The first-order valence-corrected chi connectivity index (χ1v) is 5.60. The summed E-state index contributed by atoms with van der Waals surface area (Å²) in [6, 6.07) is 12.3. The number of para-hydroxylation sites is 1. The Morgan fingerprint density at radius 1 is 1.00 bits per heavy atom. The Hall–Kier alpha value is -2.17. The number of halogens is 3. The number of nitrogen functional groups attached to an aromatic ring is 1. The minimum Gasteiger partial charge on any atom is -0.489 e. The molecule has 0 unspecified atom stereocenters. The number of hydrogen-bond donors (Lipinski definition) is 1. The van der Waals surface area contributed by atoms with Gasteiger partial charge in [-0.1, -0.05) is 24.3 Å². The molecule has 0 saturated carbocycles. The van der Waals surface area contributed by atoms with Crippen LogP contribution >= 0.6 is 0 Å². The van der Waals surface area contributed by atoms with E-state index in [9.17, 15) is 13.2 Å². The van der Waals surface area contributed by atoms with Crippen molar-refractivity contribution in [2.75, 3.05) is 5.73 Å². The van der Waals surface area contributed by atoms with Crippen LogP contribution in [0.4, 0.5) is 18.9 Å². The maximum Gasteiger partial charge on any atom is 0.416 e. The van der Waals surface area contributed by atoms with Gasteiger partial charge < -0.3 is 10.5 Å². The van der Waals surface area contributed by atoms with Gasteiger partial charge in [0.05, 0.1) is 5.56 Å². The topological polar surface area (TPSA) is 35.2 Å². The lowest BCUT2D eigenvalue weighted by atomic mass is 10.1. The summed E-state index contributed by atoms with van der Waals surface area (Å²) in [6.07, 6.45) is -4.38. The average Bonchev–Trinajstić information content (AvgIpc) is 2.37. The summed E-state index contributed by atoms with van der Waals surface area (Å²) in [5, 5.41) is 0. The molecule has 2 aromatic carbocycles. The zero-order chi connectivity index (χ0) is 13.9. The fourth-order valence-electron chi connectivity index (χ4n) is 1.58. The third kappa shape index (κ3) is 3.40. The summed E-state index contributed by atoms with van der Waals surface area (Å²) >= 11 is 0. The highest BCUT2D eigenvalue weighted by molar-refractivity contribution is 5.49. The molecule has 19 heavy (non-hydrogen) atoms. The number of benzene rings is 2. The predicted octanol–water partition coefficient (Wildman–Crippen LogP) is 3.87. The smallest absolute Gasteiger partial charge is 0.416 e. The monoisotopic (exact) mass is 267 g/mol. The van der Waals surface area contributed by atoms with Crippen LogP contribution < -0.4 is 10.5 Å². The number of rotatable bonds is 3. The Balaban J connectivity index is 2.10. The summed E-state index contributed by atoms with van der Waals surface area (Å²) in [7, 11) is 0. The Morgan fingerprint density at radius 3 is 2.26 bits per heavy atom. The van der Waals surface area contributed by atoms with Gasteiger partial charge in [-0.25, -0.2) is 0 Å². The van der Waals surface area contributed by atoms with E-state index in [0.717, 1.165) is 12.1 Å². The van der Waals surface area contributed by atoms with Crippen molar-refractivity contribution in [3.8, 4) is 5.75 Å². The molecule has 0 amide bonds. The quantitative estimate of drug-likeness (QED) is 0.857. The SMILES string of the molecule is Nc1cc(C(F)(F)F)ccc1COc1ccccc1. The van der Waals surface area contributed by atoms with Crippen molar-refractivity contribution < 1.29 is 17.9 Å². The Morgan fingerprint density at radius 2 is 1.68 bits per heavy atom. The van der Waals surface area contributed by atoms with Crippen LogP contribution in [0.1, 0.15) is 11.1 Å². The van der Waals surface area contributed by atoms with Crippen molar-refractivity contribution >= 4 is 5.69 Å². The molecular formula is C14H12F3NO. The lowest BCUT2D eigenvalue weighted by Gasteiger charge is -2.11. The van der Waals surface area contributed by atoms with Crippen LogP contribution in [0.15, 0.2) is 48.5 Å². The molecule has 0 aliphatic heterocycles. The molecule has 0 aliphatic carbocycles. The van der Waals surface area contributed by atoms with E-state index >= 15 is 0 Å². The van der Waals surface area contributed by atoms with E-state index in [-0.39, 0.29) is 12.3 Å². The van der Waals surface area contributed by atoms with E-state index in [0.29, 0.717) is 11.3 Å². The Kier molecular flexibility index (Phi) is 3.64.